The third-order valence-corrected chi connectivity index (χ3v) is 4.05. The lowest BCUT2D eigenvalue weighted by Gasteiger charge is -2.10. The van der Waals surface area contributed by atoms with Crippen LogP contribution in [0.5, 0.6) is 0 Å². The molecule has 1 amide bonds. The van der Waals surface area contributed by atoms with E-state index in [9.17, 15) is 26.4 Å². The largest absolute Gasteiger partial charge is 0.433 e. The van der Waals surface area contributed by atoms with E-state index in [0.717, 1.165) is 6.07 Å². The summed E-state index contributed by atoms with van der Waals surface area (Å²) in [4.78, 5) is 14.4. The van der Waals surface area contributed by atoms with Gasteiger partial charge in [0.1, 0.15) is 10.7 Å². The van der Waals surface area contributed by atoms with Crippen LogP contribution in [0.4, 0.5) is 13.2 Å². The summed E-state index contributed by atoms with van der Waals surface area (Å²) in [5.74, 6) is -1.56. The molecule has 0 saturated heterocycles. The fraction of sp³-hybridized carbons (Fsp3) is 0.333. The second-order valence-electron chi connectivity index (χ2n) is 3.63. The summed E-state index contributed by atoms with van der Waals surface area (Å²) in [5, 5.41) is 4.48. The topological polar surface area (TPSA) is 116 Å². The van der Waals surface area contributed by atoms with Crippen LogP contribution in [0, 0.1) is 0 Å². The van der Waals surface area contributed by atoms with Crippen LogP contribution in [0.2, 0.25) is 0 Å². The lowest BCUT2D eigenvalue weighted by atomic mass is 10.2. The number of alkyl halides is 3. The zero-order valence-electron chi connectivity index (χ0n) is 9.85. The summed E-state index contributed by atoms with van der Waals surface area (Å²) in [6.45, 7) is 0. The minimum atomic E-state index is -4.68. The zero-order chi connectivity index (χ0) is 15.6. The number of rotatable bonds is 5. The molecule has 0 saturated carbocycles. The zero-order valence-corrected chi connectivity index (χ0v) is 11.5. The maximum Gasteiger partial charge on any atom is 0.433 e. The van der Waals surface area contributed by atoms with E-state index >= 15 is 0 Å². The van der Waals surface area contributed by atoms with E-state index in [-0.39, 0.29) is 16.3 Å². The number of hydrogen-bond donors (Lipinski definition) is 2. The van der Waals surface area contributed by atoms with Crippen LogP contribution < -0.4 is 10.9 Å². The fourth-order valence-electron chi connectivity index (χ4n) is 1.15. The Balaban J connectivity index is 3.04. The molecule has 0 unspecified atom stereocenters. The van der Waals surface area contributed by atoms with Crippen molar-refractivity contribution in [2.24, 2.45) is 10.9 Å². The van der Waals surface area contributed by atoms with E-state index in [1.807, 2.05) is 0 Å². The van der Waals surface area contributed by atoms with Gasteiger partial charge in [-0.1, -0.05) is 0 Å². The fourth-order valence-corrected chi connectivity index (χ4v) is 3.09. The highest BCUT2D eigenvalue weighted by Gasteiger charge is 2.33. The highest BCUT2D eigenvalue weighted by Crippen LogP contribution is 2.30. The lowest BCUT2D eigenvalue weighted by Crippen LogP contribution is -2.19. The Morgan fingerprint density at radius 1 is 1.35 bits per heavy atom. The molecule has 4 N–H and O–H groups in total. The molecule has 1 aromatic rings. The van der Waals surface area contributed by atoms with Crippen LogP contribution in [0.25, 0.3) is 0 Å². The first kappa shape index (κ1) is 16.7. The maximum atomic E-state index is 12.5. The number of nitrogens with zero attached hydrogens (tertiary/aromatic N) is 1. The highest BCUT2D eigenvalue weighted by molar-refractivity contribution is 8.00. The average molecular weight is 329 g/mol. The number of primary amides is 1. The van der Waals surface area contributed by atoms with E-state index in [4.69, 9.17) is 10.9 Å². The molecule has 1 aromatic heterocycles. The van der Waals surface area contributed by atoms with Crippen molar-refractivity contribution in [2.75, 3.05) is 11.5 Å². The number of sulfonamides is 1. The summed E-state index contributed by atoms with van der Waals surface area (Å²) < 4.78 is 59.0. The Bertz CT molecular complexity index is 617. The number of primary sulfonamides is 1. The van der Waals surface area contributed by atoms with Crippen LogP contribution in [-0.4, -0.2) is 30.8 Å². The van der Waals surface area contributed by atoms with Gasteiger partial charge < -0.3 is 5.73 Å². The molecule has 0 fully saturated rings. The van der Waals surface area contributed by atoms with Crippen molar-refractivity contribution in [3.63, 3.8) is 0 Å². The van der Waals surface area contributed by atoms with Gasteiger partial charge in [-0.3, -0.25) is 4.79 Å². The number of thioether (sulfide) groups is 1. The molecule has 0 aliphatic carbocycles. The van der Waals surface area contributed by atoms with Gasteiger partial charge in [0.2, 0.25) is 10.0 Å². The number of carbonyl (C=O) groups is 1. The molecule has 0 bridgehead atoms. The highest BCUT2D eigenvalue weighted by atomic mass is 32.2. The first-order chi connectivity index (χ1) is 9.00. The van der Waals surface area contributed by atoms with Crippen molar-refractivity contribution in [1.29, 1.82) is 0 Å². The second kappa shape index (κ2) is 5.97. The summed E-state index contributed by atoms with van der Waals surface area (Å²) in [7, 11) is -3.75. The second-order valence-corrected chi connectivity index (χ2v) is 6.44. The van der Waals surface area contributed by atoms with Crippen molar-refractivity contribution in [3.8, 4) is 0 Å². The molecule has 6 nitrogen and oxygen atoms in total. The van der Waals surface area contributed by atoms with Crippen molar-refractivity contribution in [1.82, 2.24) is 4.98 Å². The van der Waals surface area contributed by atoms with Gasteiger partial charge in [0.05, 0.1) is 11.3 Å². The summed E-state index contributed by atoms with van der Waals surface area (Å²) in [6.07, 6.45) is -4.68. The molecular weight excluding hydrogens is 319 g/mol. The van der Waals surface area contributed by atoms with E-state index in [0.29, 0.717) is 17.8 Å². The average Bonchev–Trinajstić information content (AvgIpc) is 2.25. The number of halogens is 3. The van der Waals surface area contributed by atoms with Gasteiger partial charge in [-0.2, -0.15) is 13.2 Å². The van der Waals surface area contributed by atoms with Crippen LogP contribution in [0.15, 0.2) is 17.2 Å². The number of hydrogen-bond acceptors (Lipinski definition) is 5. The van der Waals surface area contributed by atoms with Crippen molar-refractivity contribution >= 4 is 27.7 Å². The summed E-state index contributed by atoms with van der Waals surface area (Å²) in [5.41, 5.74) is 3.61. The molecular formula is C9H10F3N3O3S2. The van der Waals surface area contributed by atoms with Gasteiger partial charge >= 0.3 is 6.18 Å². The first-order valence-corrected chi connectivity index (χ1v) is 7.72. The lowest BCUT2D eigenvalue weighted by molar-refractivity contribution is -0.141. The minimum Gasteiger partial charge on any atom is -0.366 e. The quantitative estimate of drug-likeness (QED) is 0.767. The normalized spacial score (nSPS) is 12.4. The number of carbonyl (C=O) groups excluding carboxylic acids is 1. The summed E-state index contributed by atoms with van der Waals surface area (Å²) in [6, 6.07) is 1.53. The molecule has 11 heteroatoms. The van der Waals surface area contributed by atoms with Gasteiger partial charge in [-0.15, -0.1) is 11.8 Å². The molecule has 0 aliphatic rings. The minimum absolute atomic E-state index is 0.145. The molecule has 0 atom stereocenters. The van der Waals surface area contributed by atoms with Gasteiger partial charge in [0.15, 0.2) is 0 Å². The van der Waals surface area contributed by atoms with Crippen molar-refractivity contribution in [2.45, 2.75) is 11.2 Å². The Kier molecular flexibility index (Phi) is 5.00. The molecule has 0 radical (unpaired) electrons. The van der Waals surface area contributed by atoms with Gasteiger partial charge in [-0.25, -0.2) is 18.5 Å². The molecule has 112 valence electrons. The Hall–Kier alpha value is -1.33. The number of pyridine rings is 1. The smallest absolute Gasteiger partial charge is 0.366 e. The van der Waals surface area contributed by atoms with Crippen LogP contribution in [0.1, 0.15) is 16.1 Å². The molecule has 0 aliphatic heterocycles. The standard InChI is InChI=1S/C9H10F3N3O3S2/c10-9(11,12)6-2-1-5(7(13)16)8(15-6)19-3-4-20(14,17)18/h1-2H,3-4H2,(H2,13,16)(H2,14,17,18). The van der Waals surface area contributed by atoms with E-state index < -0.39 is 33.6 Å². The SMILES string of the molecule is NC(=O)c1ccc(C(F)(F)F)nc1SCCS(N)(=O)=O. The van der Waals surface area contributed by atoms with Crippen LogP contribution in [-0.2, 0) is 16.2 Å². The summed E-state index contributed by atoms with van der Waals surface area (Å²) >= 11 is 0.661. The third kappa shape index (κ3) is 4.98. The van der Waals surface area contributed by atoms with Crippen molar-refractivity contribution < 1.29 is 26.4 Å². The van der Waals surface area contributed by atoms with Crippen LogP contribution >= 0.6 is 11.8 Å². The molecule has 1 rings (SSSR count). The molecule has 0 aromatic carbocycles. The number of amides is 1. The van der Waals surface area contributed by atoms with Gasteiger partial charge in [0.25, 0.3) is 5.91 Å². The molecule has 0 spiro atoms. The Labute approximate surface area is 116 Å². The van der Waals surface area contributed by atoms with E-state index in [1.165, 1.54) is 0 Å². The van der Waals surface area contributed by atoms with E-state index in [2.05, 4.69) is 4.98 Å². The van der Waals surface area contributed by atoms with Crippen molar-refractivity contribution in [3.05, 3.63) is 23.4 Å². The van der Waals surface area contributed by atoms with Gasteiger partial charge in [0, 0.05) is 5.75 Å². The Morgan fingerprint density at radius 2 is 1.95 bits per heavy atom. The van der Waals surface area contributed by atoms with E-state index in [1.54, 1.807) is 0 Å². The first-order valence-electron chi connectivity index (χ1n) is 5.02. The number of aromatic nitrogens is 1. The molecule has 20 heavy (non-hydrogen) atoms. The predicted molar refractivity (Wildman–Crippen MR) is 66.5 cm³/mol. The third-order valence-electron chi connectivity index (χ3n) is 2.02. The monoisotopic (exact) mass is 329 g/mol. The predicted octanol–water partition coefficient (Wildman–Crippen LogP) is 0.580. The maximum absolute atomic E-state index is 12.5. The number of nitrogens with two attached hydrogens (primary N) is 2. The Morgan fingerprint density at radius 3 is 2.40 bits per heavy atom. The van der Waals surface area contributed by atoms with Crippen LogP contribution in [0.3, 0.4) is 0 Å². The van der Waals surface area contributed by atoms with Gasteiger partial charge in [-0.05, 0) is 12.1 Å². The molecule has 1 heterocycles.